The van der Waals surface area contributed by atoms with Crippen LogP contribution in [0.3, 0.4) is 0 Å². The van der Waals surface area contributed by atoms with Crippen LogP contribution in [0.1, 0.15) is 32.3 Å². The molecule has 0 bridgehead atoms. The predicted molar refractivity (Wildman–Crippen MR) is 125 cm³/mol. The molecule has 0 spiro atoms. The predicted octanol–water partition coefficient (Wildman–Crippen LogP) is 2.01. The zero-order chi connectivity index (χ0) is 19.9. The van der Waals surface area contributed by atoms with Crippen molar-refractivity contribution in [2.24, 2.45) is 4.99 Å². The van der Waals surface area contributed by atoms with Gasteiger partial charge in [0.25, 0.3) is 0 Å². The third kappa shape index (κ3) is 7.84. The lowest BCUT2D eigenvalue weighted by Crippen LogP contribution is -2.50. The molecule has 2 N–H and O–H groups in total. The second kappa shape index (κ2) is 11.9. The van der Waals surface area contributed by atoms with Crippen LogP contribution in [0, 0.1) is 0 Å². The molecule has 9 heteroatoms. The number of nitrogens with zero attached hydrogens (tertiary/aromatic N) is 2. The maximum atomic E-state index is 12.6. The highest BCUT2D eigenvalue weighted by Crippen LogP contribution is 2.15. The van der Waals surface area contributed by atoms with E-state index in [4.69, 9.17) is 4.74 Å². The summed E-state index contributed by atoms with van der Waals surface area (Å²) in [5.41, 5.74) is 1.25. The maximum absolute atomic E-state index is 12.6. The molecule has 1 aliphatic heterocycles. The molecule has 3 unspecified atom stereocenters. The van der Waals surface area contributed by atoms with E-state index in [2.05, 4.69) is 34.7 Å². The summed E-state index contributed by atoms with van der Waals surface area (Å²) in [6.07, 6.45) is -0.157. The zero-order valence-electron chi connectivity index (χ0n) is 17.1. The van der Waals surface area contributed by atoms with Gasteiger partial charge in [0.05, 0.1) is 18.0 Å². The van der Waals surface area contributed by atoms with Gasteiger partial charge in [-0.05, 0) is 25.3 Å². The van der Waals surface area contributed by atoms with Gasteiger partial charge in [0.15, 0.2) is 5.96 Å². The molecule has 0 aliphatic carbocycles. The summed E-state index contributed by atoms with van der Waals surface area (Å²) in [6.45, 7) is 7.78. The molecule has 0 aromatic heterocycles. The van der Waals surface area contributed by atoms with Gasteiger partial charge in [-0.3, -0.25) is 4.99 Å². The fraction of sp³-hybridized carbons (Fsp3) is 0.632. The molecule has 160 valence electrons. The van der Waals surface area contributed by atoms with Gasteiger partial charge in [-0.2, -0.15) is 4.31 Å². The van der Waals surface area contributed by atoms with Crippen LogP contribution in [0.25, 0.3) is 0 Å². The van der Waals surface area contributed by atoms with E-state index in [-0.39, 0.29) is 41.9 Å². The first-order valence-electron chi connectivity index (χ1n) is 9.44. The highest BCUT2D eigenvalue weighted by Gasteiger charge is 2.30. The van der Waals surface area contributed by atoms with Crippen molar-refractivity contribution in [2.45, 2.75) is 38.9 Å². The SMILES string of the molecule is CN=C(NCCS(=O)(=O)N1CC(C)OC(C)C1)NCC(C)c1ccccc1.I. The van der Waals surface area contributed by atoms with Crippen molar-refractivity contribution < 1.29 is 13.2 Å². The molecule has 1 heterocycles. The van der Waals surface area contributed by atoms with Gasteiger partial charge in [-0.25, -0.2) is 8.42 Å². The third-order valence-corrected chi connectivity index (χ3v) is 6.40. The molecule has 1 aromatic carbocycles. The van der Waals surface area contributed by atoms with Crippen molar-refractivity contribution in [1.82, 2.24) is 14.9 Å². The van der Waals surface area contributed by atoms with Crippen molar-refractivity contribution in [3.8, 4) is 0 Å². The molecular weight excluding hydrogens is 491 g/mol. The molecule has 1 saturated heterocycles. The summed E-state index contributed by atoms with van der Waals surface area (Å²) in [5, 5.41) is 6.35. The zero-order valence-corrected chi connectivity index (χ0v) is 20.2. The molecular formula is C19H33IN4O3S. The van der Waals surface area contributed by atoms with Crippen LogP contribution in [-0.2, 0) is 14.8 Å². The average Bonchev–Trinajstić information content (AvgIpc) is 2.64. The summed E-state index contributed by atoms with van der Waals surface area (Å²) < 4.78 is 32.3. The van der Waals surface area contributed by atoms with Crippen molar-refractivity contribution in [3.63, 3.8) is 0 Å². The Morgan fingerprint density at radius 2 is 1.82 bits per heavy atom. The molecule has 2 rings (SSSR count). The smallest absolute Gasteiger partial charge is 0.216 e. The van der Waals surface area contributed by atoms with Crippen LogP contribution in [0.5, 0.6) is 0 Å². The summed E-state index contributed by atoms with van der Waals surface area (Å²) in [6, 6.07) is 10.2. The summed E-state index contributed by atoms with van der Waals surface area (Å²) in [4.78, 5) is 4.18. The number of ether oxygens (including phenoxy) is 1. The molecule has 7 nitrogen and oxygen atoms in total. The maximum Gasteiger partial charge on any atom is 0.216 e. The van der Waals surface area contributed by atoms with Crippen LogP contribution in [-0.4, -0.2) is 69.9 Å². The number of guanidine groups is 1. The van der Waals surface area contributed by atoms with E-state index in [0.717, 1.165) is 6.54 Å². The summed E-state index contributed by atoms with van der Waals surface area (Å²) in [7, 11) is -1.64. The molecule has 1 fully saturated rings. The van der Waals surface area contributed by atoms with Gasteiger partial charge in [0.1, 0.15) is 0 Å². The monoisotopic (exact) mass is 524 g/mol. The lowest BCUT2D eigenvalue weighted by Gasteiger charge is -2.34. The van der Waals surface area contributed by atoms with Crippen molar-refractivity contribution in [1.29, 1.82) is 0 Å². The molecule has 0 saturated carbocycles. The normalized spacial score (nSPS) is 22.2. The third-order valence-electron chi connectivity index (χ3n) is 4.60. The van der Waals surface area contributed by atoms with Crippen molar-refractivity contribution >= 4 is 40.0 Å². The Morgan fingerprint density at radius 1 is 1.21 bits per heavy atom. The molecule has 1 aromatic rings. The van der Waals surface area contributed by atoms with Crippen LogP contribution in [0.2, 0.25) is 0 Å². The van der Waals surface area contributed by atoms with Gasteiger partial charge < -0.3 is 15.4 Å². The lowest BCUT2D eigenvalue weighted by atomic mass is 10.0. The number of hydrogen-bond donors (Lipinski definition) is 2. The first-order valence-corrected chi connectivity index (χ1v) is 11.1. The van der Waals surface area contributed by atoms with Crippen LogP contribution >= 0.6 is 24.0 Å². The van der Waals surface area contributed by atoms with Crippen LogP contribution < -0.4 is 10.6 Å². The minimum Gasteiger partial charge on any atom is -0.373 e. The number of benzene rings is 1. The first-order chi connectivity index (χ1) is 12.8. The Bertz CT molecular complexity index is 705. The Hall–Kier alpha value is -0.910. The fourth-order valence-electron chi connectivity index (χ4n) is 3.16. The molecule has 0 radical (unpaired) electrons. The Labute approximate surface area is 186 Å². The largest absolute Gasteiger partial charge is 0.373 e. The fourth-order valence-corrected chi connectivity index (χ4v) is 4.65. The van der Waals surface area contributed by atoms with E-state index in [1.807, 2.05) is 32.0 Å². The van der Waals surface area contributed by atoms with E-state index < -0.39 is 10.0 Å². The number of aliphatic imine (C=N–C) groups is 1. The van der Waals surface area contributed by atoms with Crippen LogP contribution in [0.4, 0.5) is 0 Å². The second-order valence-electron chi connectivity index (χ2n) is 7.08. The number of rotatable bonds is 7. The highest BCUT2D eigenvalue weighted by atomic mass is 127. The second-order valence-corrected chi connectivity index (χ2v) is 9.17. The molecule has 0 amide bonds. The minimum absolute atomic E-state index is 0. The van der Waals surface area contributed by atoms with E-state index in [1.165, 1.54) is 9.87 Å². The number of nitrogens with one attached hydrogen (secondary N) is 2. The van der Waals surface area contributed by atoms with Crippen LogP contribution in [0.15, 0.2) is 35.3 Å². The van der Waals surface area contributed by atoms with E-state index in [9.17, 15) is 8.42 Å². The Morgan fingerprint density at radius 3 is 2.39 bits per heavy atom. The number of morpholine rings is 1. The van der Waals surface area contributed by atoms with Gasteiger partial charge in [-0.1, -0.05) is 37.3 Å². The molecule has 1 aliphatic rings. The molecule has 3 atom stereocenters. The number of sulfonamides is 1. The standard InChI is InChI=1S/C19H32N4O3S.HI/c1-15(18-8-6-5-7-9-18)12-22-19(20-4)21-10-11-27(24,25)23-13-16(2)26-17(3)14-23;/h5-9,15-17H,10-14H2,1-4H3,(H2,20,21,22);1H. The summed E-state index contributed by atoms with van der Waals surface area (Å²) in [5.74, 6) is 0.961. The van der Waals surface area contributed by atoms with Crippen molar-refractivity contribution in [2.75, 3.05) is 39.0 Å². The topological polar surface area (TPSA) is 83.0 Å². The van der Waals surface area contributed by atoms with Gasteiger partial charge in [0, 0.05) is 33.2 Å². The number of hydrogen-bond acceptors (Lipinski definition) is 4. The van der Waals surface area contributed by atoms with E-state index >= 15 is 0 Å². The van der Waals surface area contributed by atoms with Crippen molar-refractivity contribution in [3.05, 3.63) is 35.9 Å². The van der Waals surface area contributed by atoms with E-state index in [1.54, 1.807) is 7.05 Å². The van der Waals surface area contributed by atoms with Gasteiger partial charge >= 0.3 is 0 Å². The van der Waals surface area contributed by atoms with Gasteiger partial charge in [0.2, 0.25) is 10.0 Å². The Balaban J connectivity index is 0.00000392. The van der Waals surface area contributed by atoms with E-state index in [0.29, 0.717) is 31.5 Å². The average molecular weight is 524 g/mol. The quantitative estimate of drug-likeness (QED) is 0.324. The Kier molecular flexibility index (Phi) is 10.7. The minimum atomic E-state index is -3.32. The highest BCUT2D eigenvalue weighted by molar-refractivity contribution is 14.0. The lowest BCUT2D eigenvalue weighted by molar-refractivity contribution is -0.0440. The summed E-state index contributed by atoms with van der Waals surface area (Å²) >= 11 is 0. The number of halogens is 1. The molecule has 28 heavy (non-hydrogen) atoms. The first kappa shape index (κ1) is 25.1. The van der Waals surface area contributed by atoms with Gasteiger partial charge in [-0.15, -0.1) is 24.0 Å².